The quantitative estimate of drug-likeness (QED) is 0.695. The third-order valence-electron chi connectivity index (χ3n) is 3.15. The maximum Gasteiger partial charge on any atom is 0.327 e. The molecule has 0 aromatic rings. The summed E-state index contributed by atoms with van der Waals surface area (Å²) < 4.78 is 0. The number of thioether (sulfide) groups is 1. The Labute approximate surface area is 104 Å². The standard InChI is InChI=1S/C10H16N2O4S/c13-7-1-3-11(4-2-7)10(16)12-6-17-5-8(12)9(14)15/h7-8,13H,1-6H2,(H,14,15)/t8-/m0/s1. The van der Waals surface area contributed by atoms with Gasteiger partial charge in [0.2, 0.25) is 0 Å². The van der Waals surface area contributed by atoms with E-state index in [1.165, 1.54) is 16.7 Å². The Kier molecular flexibility index (Phi) is 3.78. The van der Waals surface area contributed by atoms with Crippen molar-refractivity contribution in [1.82, 2.24) is 9.80 Å². The average molecular weight is 260 g/mol. The Morgan fingerprint density at radius 2 is 1.88 bits per heavy atom. The largest absolute Gasteiger partial charge is 0.480 e. The van der Waals surface area contributed by atoms with Crippen molar-refractivity contribution in [3.63, 3.8) is 0 Å². The van der Waals surface area contributed by atoms with E-state index in [0.29, 0.717) is 37.6 Å². The zero-order chi connectivity index (χ0) is 12.4. The van der Waals surface area contributed by atoms with E-state index in [-0.39, 0.29) is 12.1 Å². The monoisotopic (exact) mass is 260 g/mol. The summed E-state index contributed by atoms with van der Waals surface area (Å²) in [5, 5.41) is 18.4. The van der Waals surface area contributed by atoms with E-state index < -0.39 is 12.0 Å². The SMILES string of the molecule is O=C(O)[C@@H]1CSCN1C(=O)N1CCC(O)CC1. The van der Waals surface area contributed by atoms with Crippen LogP contribution in [0.15, 0.2) is 0 Å². The van der Waals surface area contributed by atoms with Crippen LogP contribution in [-0.2, 0) is 4.79 Å². The van der Waals surface area contributed by atoms with E-state index in [2.05, 4.69) is 0 Å². The average Bonchev–Trinajstić information content (AvgIpc) is 2.78. The molecule has 1 atom stereocenters. The van der Waals surface area contributed by atoms with E-state index >= 15 is 0 Å². The van der Waals surface area contributed by atoms with Crippen LogP contribution in [0.5, 0.6) is 0 Å². The molecule has 2 fully saturated rings. The fraction of sp³-hybridized carbons (Fsp3) is 0.800. The molecule has 2 heterocycles. The van der Waals surface area contributed by atoms with E-state index in [4.69, 9.17) is 5.11 Å². The predicted octanol–water partition coefficient (Wildman–Crippen LogP) is 0.0226. The van der Waals surface area contributed by atoms with Gasteiger partial charge in [-0.1, -0.05) is 0 Å². The molecule has 0 radical (unpaired) electrons. The number of carbonyl (C=O) groups is 2. The molecule has 0 saturated carbocycles. The van der Waals surface area contributed by atoms with Gasteiger partial charge >= 0.3 is 12.0 Å². The first-order valence-electron chi connectivity index (χ1n) is 5.63. The van der Waals surface area contributed by atoms with Crippen molar-refractivity contribution < 1.29 is 19.8 Å². The van der Waals surface area contributed by atoms with E-state index in [1.807, 2.05) is 0 Å². The van der Waals surface area contributed by atoms with Crippen LogP contribution in [0.25, 0.3) is 0 Å². The number of nitrogens with zero attached hydrogens (tertiary/aromatic N) is 2. The van der Waals surface area contributed by atoms with Gasteiger partial charge in [0.1, 0.15) is 6.04 Å². The highest BCUT2D eigenvalue weighted by molar-refractivity contribution is 7.99. The molecular weight excluding hydrogens is 244 g/mol. The van der Waals surface area contributed by atoms with E-state index in [0.717, 1.165) is 0 Å². The molecule has 0 aliphatic carbocycles. The van der Waals surface area contributed by atoms with Crippen LogP contribution in [0, 0.1) is 0 Å². The minimum atomic E-state index is -0.944. The number of carboxylic acids is 1. The van der Waals surface area contributed by atoms with Crippen molar-refractivity contribution in [2.24, 2.45) is 0 Å². The third-order valence-corrected chi connectivity index (χ3v) is 4.16. The summed E-state index contributed by atoms with van der Waals surface area (Å²) in [5.74, 6) is -0.0488. The maximum atomic E-state index is 12.1. The highest BCUT2D eigenvalue weighted by Crippen LogP contribution is 2.23. The van der Waals surface area contributed by atoms with Gasteiger partial charge < -0.3 is 20.0 Å². The lowest BCUT2D eigenvalue weighted by molar-refractivity contribution is -0.141. The van der Waals surface area contributed by atoms with Crippen LogP contribution in [0.4, 0.5) is 4.79 Å². The summed E-state index contributed by atoms with van der Waals surface area (Å²) in [7, 11) is 0. The van der Waals surface area contributed by atoms with E-state index in [1.54, 1.807) is 4.90 Å². The number of piperidine rings is 1. The maximum absolute atomic E-state index is 12.1. The zero-order valence-electron chi connectivity index (χ0n) is 9.41. The molecule has 17 heavy (non-hydrogen) atoms. The van der Waals surface area contributed by atoms with Gasteiger partial charge in [0.25, 0.3) is 0 Å². The zero-order valence-corrected chi connectivity index (χ0v) is 10.2. The summed E-state index contributed by atoms with van der Waals surface area (Å²) in [4.78, 5) is 26.1. The first-order chi connectivity index (χ1) is 8.09. The van der Waals surface area contributed by atoms with Crippen LogP contribution in [0.3, 0.4) is 0 Å². The lowest BCUT2D eigenvalue weighted by Gasteiger charge is -2.33. The van der Waals surface area contributed by atoms with Crippen molar-refractivity contribution in [3.8, 4) is 0 Å². The number of aliphatic hydroxyl groups is 1. The second-order valence-electron chi connectivity index (χ2n) is 4.32. The van der Waals surface area contributed by atoms with Gasteiger partial charge in [-0.3, -0.25) is 0 Å². The highest BCUT2D eigenvalue weighted by atomic mass is 32.2. The molecule has 0 unspecified atom stereocenters. The first-order valence-corrected chi connectivity index (χ1v) is 6.79. The van der Waals surface area contributed by atoms with Crippen molar-refractivity contribution in [1.29, 1.82) is 0 Å². The number of likely N-dealkylation sites (tertiary alicyclic amines) is 1. The first kappa shape index (κ1) is 12.5. The topological polar surface area (TPSA) is 81.1 Å². The molecular formula is C10H16N2O4S. The number of aliphatic carboxylic acids is 1. The molecule has 0 spiro atoms. The number of hydrogen-bond acceptors (Lipinski definition) is 4. The van der Waals surface area contributed by atoms with Crippen LogP contribution in [-0.4, -0.2) is 68.9 Å². The minimum Gasteiger partial charge on any atom is -0.480 e. The Morgan fingerprint density at radius 3 is 2.47 bits per heavy atom. The van der Waals surface area contributed by atoms with Gasteiger partial charge in [0, 0.05) is 18.8 Å². The summed E-state index contributed by atoms with van der Waals surface area (Å²) in [5.41, 5.74) is 0. The number of urea groups is 1. The number of carbonyl (C=O) groups excluding carboxylic acids is 1. The molecule has 0 aromatic carbocycles. The molecule has 2 aliphatic heterocycles. The molecule has 2 saturated heterocycles. The van der Waals surface area contributed by atoms with Gasteiger partial charge in [-0.2, -0.15) is 0 Å². The molecule has 96 valence electrons. The normalized spacial score (nSPS) is 26.3. The number of carboxylic acid groups (broad SMARTS) is 1. The van der Waals surface area contributed by atoms with Crippen molar-refractivity contribution in [3.05, 3.63) is 0 Å². The third kappa shape index (κ3) is 2.66. The molecule has 0 aromatic heterocycles. The Bertz CT molecular complexity index is 317. The van der Waals surface area contributed by atoms with Crippen LogP contribution in [0.1, 0.15) is 12.8 Å². The number of hydrogen-bond donors (Lipinski definition) is 2. The molecule has 7 heteroatoms. The summed E-state index contributed by atoms with van der Waals surface area (Å²) >= 11 is 1.46. The van der Waals surface area contributed by atoms with Gasteiger partial charge in [0.05, 0.1) is 12.0 Å². The van der Waals surface area contributed by atoms with E-state index in [9.17, 15) is 14.7 Å². The fourth-order valence-corrected chi connectivity index (χ4v) is 3.21. The Hall–Kier alpha value is -0.950. The number of aliphatic hydroxyl groups excluding tert-OH is 1. The van der Waals surface area contributed by atoms with Crippen LogP contribution >= 0.6 is 11.8 Å². The molecule has 2 N–H and O–H groups in total. The number of amides is 2. The van der Waals surface area contributed by atoms with Gasteiger partial charge in [-0.25, -0.2) is 9.59 Å². The van der Waals surface area contributed by atoms with Gasteiger partial charge in [-0.15, -0.1) is 11.8 Å². The molecule has 2 aliphatic rings. The minimum absolute atomic E-state index is 0.214. The molecule has 2 rings (SSSR count). The lowest BCUT2D eigenvalue weighted by atomic mass is 10.1. The van der Waals surface area contributed by atoms with Gasteiger partial charge in [-0.05, 0) is 12.8 Å². The molecule has 2 amide bonds. The summed E-state index contributed by atoms with van der Waals surface area (Å²) in [6.45, 7) is 1.01. The predicted molar refractivity (Wildman–Crippen MR) is 62.8 cm³/mol. The smallest absolute Gasteiger partial charge is 0.327 e. The van der Waals surface area contributed by atoms with Crippen LogP contribution < -0.4 is 0 Å². The fourth-order valence-electron chi connectivity index (χ4n) is 2.07. The molecule has 0 bridgehead atoms. The van der Waals surface area contributed by atoms with Crippen molar-refractivity contribution >= 4 is 23.8 Å². The van der Waals surface area contributed by atoms with Crippen molar-refractivity contribution in [2.45, 2.75) is 25.0 Å². The highest BCUT2D eigenvalue weighted by Gasteiger charge is 2.37. The Balaban J connectivity index is 1.97. The summed E-state index contributed by atoms with van der Waals surface area (Å²) in [6.07, 6.45) is 0.817. The second-order valence-corrected chi connectivity index (χ2v) is 5.32. The van der Waals surface area contributed by atoms with Crippen LogP contribution in [0.2, 0.25) is 0 Å². The number of rotatable bonds is 1. The lowest BCUT2D eigenvalue weighted by Crippen LogP contribution is -2.51. The van der Waals surface area contributed by atoms with Crippen molar-refractivity contribution in [2.75, 3.05) is 24.7 Å². The summed E-state index contributed by atoms with van der Waals surface area (Å²) in [6, 6.07) is -0.923. The van der Waals surface area contributed by atoms with Gasteiger partial charge in [0.15, 0.2) is 0 Å². The Morgan fingerprint density at radius 1 is 1.24 bits per heavy atom. The molecule has 6 nitrogen and oxygen atoms in total. The second kappa shape index (κ2) is 5.14.